The van der Waals surface area contributed by atoms with E-state index in [2.05, 4.69) is 15.6 Å². The fourth-order valence-electron chi connectivity index (χ4n) is 4.80. The van der Waals surface area contributed by atoms with Crippen LogP contribution in [0.1, 0.15) is 44.9 Å². The van der Waals surface area contributed by atoms with Gasteiger partial charge in [-0.05, 0) is 86.0 Å². The van der Waals surface area contributed by atoms with E-state index in [1.54, 1.807) is 30.3 Å². The number of amides is 2. The molecule has 0 fully saturated rings. The van der Waals surface area contributed by atoms with Crippen LogP contribution in [0.5, 0.6) is 0 Å². The number of aromatic nitrogens is 2. The monoisotopic (exact) mass is 540 g/mol. The van der Waals surface area contributed by atoms with Crippen molar-refractivity contribution in [1.82, 2.24) is 9.55 Å². The Labute approximate surface area is 228 Å². The Morgan fingerprint density at radius 2 is 1.82 bits per heavy atom. The number of pyridine rings is 1. The molecule has 5 rings (SSSR count). The topological polar surface area (TPSA) is 133 Å². The second-order valence-electron chi connectivity index (χ2n) is 9.46. The summed E-state index contributed by atoms with van der Waals surface area (Å²) >= 11 is 0. The molecular weight excluding hydrogens is 515 g/mol. The number of hydrogen-bond donors (Lipinski definition) is 4. The molecule has 1 aliphatic heterocycles. The summed E-state index contributed by atoms with van der Waals surface area (Å²) in [4.78, 5) is 53.0. The minimum Gasteiger partial charge on any atom is -0.481 e. The fraction of sp³-hybridized carbons (Fsp3) is 0.133. The van der Waals surface area contributed by atoms with Crippen LogP contribution >= 0.6 is 0 Å². The number of carbonyl (C=O) groups is 3. The first-order valence-corrected chi connectivity index (χ1v) is 12.5. The first kappa shape index (κ1) is 26.4. The van der Waals surface area contributed by atoms with Gasteiger partial charge in [-0.1, -0.05) is 6.07 Å². The van der Waals surface area contributed by atoms with E-state index in [-0.39, 0.29) is 17.9 Å². The number of nitrogens with one attached hydrogen (secondary N) is 3. The van der Waals surface area contributed by atoms with Crippen LogP contribution in [0.3, 0.4) is 0 Å². The minimum atomic E-state index is -0.877. The lowest BCUT2D eigenvalue weighted by Gasteiger charge is -2.10. The molecule has 0 saturated carbocycles. The average molecular weight is 541 g/mol. The maximum Gasteiger partial charge on any atom is 0.303 e. The van der Waals surface area contributed by atoms with Crippen molar-refractivity contribution in [2.45, 2.75) is 26.7 Å². The largest absolute Gasteiger partial charge is 0.481 e. The molecule has 40 heavy (non-hydrogen) atoms. The van der Waals surface area contributed by atoms with Crippen LogP contribution in [-0.4, -0.2) is 32.4 Å². The molecule has 1 aliphatic rings. The predicted octanol–water partition coefficient (Wildman–Crippen LogP) is 4.68. The molecule has 2 aromatic heterocycles. The summed E-state index contributed by atoms with van der Waals surface area (Å²) in [6.07, 6.45) is 3.62. The molecule has 2 aromatic carbocycles. The van der Waals surface area contributed by atoms with Gasteiger partial charge >= 0.3 is 5.97 Å². The number of halogens is 1. The van der Waals surface area contributed by atoms with Crippen LogP contribution in [0.2, 0.25) is 0 Å². The van der Waals surface area contributed by atoms with Crippen LogP contribution in [0.4, 0.5) is 15.8 Å². The number of rotatable bonds is 7. The highest BCUT2D eigenvalue weighted by Crippen LogP contribution is 2.36. The Bertz CT molecular complexity index is 1770. The van der Waals surface area contributed by atoms with Crippen molar-refractivity contribution < 1.29 is 23.9 Å². The van der Waals surface area contributed by atoms with E-state index in [1.807, 2.05) is 13.8 Å². The van der Waals surface area contributed by atoms with E-state index in [0.717, 1.165) is 22.5 Å². The van der Waals surface area contributed by atoms with Crippen molar-refractivity contribution in [3.8, 4) is 5.69 Å². The zero-order valence-electron chi connectivity index (χ0n) is 21.7. The van der Waals surface area contributed by atoms with Crippen molar-refractivity contribution in [2.75, 3.05) is 10.6 Å². The SMILES string of the molecule is Cc1[nH]c(C=C2C(=O)Nc3cc(NC(=O)c4cccn(-c5ccc(F)cc5)c4=O)ccc32)c(C)c1CCC(=O)O. The first-order chi connectivity index (χ1) is 19.1. The Hall–Kier alpha value is -5.25. The normalized spacial score (nSPS) is 13.3. The quantitative estimate of drug-likeness (QED) is 0.253. The number of anilines is 2. The predicted molar refractivity (Wildman–Crippen MR) is 149 cm³/mol. The molecule has 10 heteroatoms. The third-order valence-electron chi connectivity index (χ3n) is 6.87. The molecule has 4 N–H and O–H groups in total. The van der Waals surface area contributed by atoms with Gasteiger partial charge < -0.3 is 20.7 Å². The van der Waals surface area contributed by atoms with E-state index in [0.29, 0.717) is 34.6 Å². The van der Waals surface area contributed by atoms with Gasteiger partial charge in [-0.2, -0.15) is 0 Å². The van der Waals surface area contributed by atoms with Crippen molar-refractivity contribution in [1.29, 1.82) is 0 Å². The van der Waals surface area contributed by atoms with Gasteiger partial charge in [0.05, 0.1) is 11.3 Å². The van der Waals surface area contributed by atoms with E-state index in [9.17, 15) is 23.6 Å². The number of hydrogen-bond acceptors (Lipinski definition) is 4. The van der Waals surface area contributed by atoms with Crippen molar-refractivity contribution in [2.24, 2.45) is 0 Å². The molecule has 202 valence electrons. The molecule has 2 amide bonds. The highest BCUT2D eigenvalue weighted by atomic mass is 19.1. The number of aliphatic carboxylic acids is 1. The maximum absolute atomic E-state index is 13.3. The molecule has 0 unspecified atom stereocenters. The lowest BCUT2D eigenvalue weighted by Crippen LogP contribution is -2.27. The standard InChI is InChI=1S/C30H25FN4O5/c1-16-21(11-12-27(36)37)17(2)32-25(16)15-24-22-10-7-19(14-26(22)34-29(24)39)33-28(38)23-4-3-13-35(30(23)40)20-8-5-18(31)6-9-20/h3-10,13-15,32H,11-12H2,1-2H3,(H,33,38)(H,34,39)(H,36,37). The Morgan fingerprint density at radius 1 is 1.07 bits per heavy atom. The molecule has 3 heterocycles. The average Bonchev–Trinajstić information content (AvgIpc) is 3.36. The highest BCUT2D eigenvalue weighted by molar-refractivity contribution is 6.35. The molecule has 0 aliphatic carbocycles. The smallest absolute Gasteiger partial charge is 0.303 e. The van der Waals surface area contributed by atoms with Crippen molar-refractivity contribution >= 4 is 40.8 Å². The number of fused-ring (bicyclic) bond motifs is 1. The summed E-state index contributed by atoms with van der Waals surface area (Å²) in [6, 6.07) is 13.2. The molecular formula is C30H25FN4O5. The minimum absolute atomic E-state index is 0.0103. The van der Waals surface area contributed by atoms with Gasteiger partial charge in [-0.25, -0.2) is 4.39 Å². The summed E-state index contributed by atoms with van der Waals surface area (Å²) in [7, 11) is 0. The molecule has 0 bridgehead atoms. The van der Waals surface area contributed by atoms with Gasteiger partial charge in [0.25, 0.3) is 17.4 Å². The fourth-order valence-corrected chi connectivity index (χ4v) is 4.80. The van der Waals surface area contributed by atoms with Gasteiger partial charge in [0.1, 0.15) is 11.4 Å². The molecule has 0 radical (unpaired) electrons. The van der Waals surface area contributed by atoms with Gasteiger partial charge in [-0.15, -0.1) is 0 Å². The van der Waals surface area contributed by atoms with Crippen molar-refractivity contribution in [3.05, 3.63) is 111 Å². The molecule has 0 spiro atoms. The molecule has 0 atom stereocenters. The van der Waals surface area contributed by atoms with E-state index in [4.69, 9.17) is 5.11 Å². The lowest BCUT2D eigenvalue weighted by atomic mass is 10.0. The second-order valence-corrected chi connectivity index (χ2v) is 9.46. The summed E-state index contributed by atoms with van der Waals surface area (Å²) in [5.74, 6) is -2.26. The number of carboxylic acids is 1. The summed E-state index contributed by atoms with van der Waals surface area (Å²) < 4.78 is 14.5. The number of H-pyrrole nitrogens is 1. The number of aryl methyl sites for hydroxylation is 1. The summed E-state index contributed by atoms with van der Waals surface area (Å²) in [5.41, 5.74) is 5.04. The third-order valence-corrected chi connectivity index (χ3v) is 6.87. The summed E-state index contributed by atoms with van der Waals surface area (Å²) in [6.45, 7) is 3.75. The Morgan fingerprint density at radius 3 is 2.55 bits per heavy atom. The van der Waals surface area contributed by atoms with Gasteiger partial charge in [-0.3, -0.25) is 23.7 Å². The van der Waals surface area contributed by atoms with Crippen molar-refractivity contribution in [3.63, 3.8) is 0 Å². The van der Waals surface area contributed by atoms with Crippen LogP contribution in [0, 0.1) is 19.7 Å². The molecule has 0 saturated heterocycles. The van der Waals surface area contributed by atoms with Gasteiger partial charge in [0.15, 0.2) is 0 Å². The number of aromatic amines is 1. The van der Waals surface area contributed by atoms with Crippen LogP contribution < -0.4 is 16.2 Å². The molecule has 9 nitrogen and oxygen atoms in total. The zero-order valence-corrected chi connectivity index (χ0v) is 21.7. The van der Waals surface area contributed by atoms with Crippen LogP contribution in [0.15, 0.2) is 65.6 Å². The highest BCUT2D eigenvalue weighted by Gasteiger charge is 2.26. The van der Waals surface area contributed by atoms with Crippen LogP contribution in [-0.2, 0) is 16.0 Å². The summed E-state index contributed by atoms with van der Waals surface area (Å²) in [5, 5.41) is 14.5. The van der Waals surface area contributed by atoms with E-state index >= 15 is 0 Å². The van der Waals surface area contributed by atoms with E-state index in [1.165, 1.54) is 41.1 Å². The van der Waals surface area contributed by atoms with Gasteiger partial charge in [0.2, 0.25) is 0 Å². The number of benzene rings is 2. The number of nitrogens with zero attached hydrogens (tertiary/aromatic N) is 1. The second kappa shape index (κ2) is 10.5. The van der Waals surface area contributed by atoms with Crippen LogP contribution in [0.25, 0.3) is 17.3 Å². The number of carbonyl (C=O) groups excluding carboxylic acids is 2. The number of carboxylic acid groups (broad SMARTS) is 1. The lowest BCUT2D eigenvalue weighted by molar-refractivity contribution is -0.137. The third kappa shape index (κ3) is 5.06. The van der Waals surface area contributed by atoms with Gasteiger partial charge in [0, 0.05) is 40.9 Å². The zero-order chi connectivity index (χ0) is 28.6. The Kier molecular flexibility index (Phi) is 6.91. The van der Waals surface area contributed by atoms with E-state index < -0.39 is 23.3 Å². The Balaban J connectivity index is 1.39. The maximum atomic E-state index is 13.3. The molecule has 4 aromatic rings. The first-order valence-electron chi connectivity index (χ1n) is 12.5.